The van der Waals surface area contributed by atoms with Crippen LogP contribution >= 0.6 is 15.9 Å². The van der Waals surface area contributed by atoms with Gasteiger partial charge in [0.25, 0.3) is 0 Å². The van der Waals surface area contributed by atoms with Crippen molar-refractivity contribution >= 4 is 26.8 Å². The van der Waals surface area contributed by atoms with Crippen molar-refractivity contribution in [3.05, 3.63) is 34.4 Å². The number of aromatic nitrogens is 1. The molecule has 0 spiro atoms. The fourth-order valence-corrected chi connectivity index (χ4v) is 2.40. The Hall–Kier alpha value is -0.800. The summed E-state index contributed by atoms with van der Waals surface area (Å²) in [5.74, 6) is 0. The van der Waals surface area contributed by atoms with Crippen LogP contribution in [-0.2, 0) is 13.5 Å². The first-order chi connectivity index (χ1) is 7.61. The van der Waals surface area contributed by atoms with Crippen molar-refractivity contribution in [3.63, 3.8) is 0 Å². The number of aryl methyl sites for hydroxylation is 1. The summed E-state index contributed by atoms with van der Waals surface area (Å²) in [5, 5.41) is 4.63. The highest BCUT2D eigenvalue weighted by atomic mass is 79.9. The van der Waals surface area contributed by atoms with Gasteiger partial charge in [0.2, 0.25) is 0 Å². The second kappa shape index (κ2) is 4.60. The third kappa shape index (κ3) is 2.15. The van der Waals surface area contributed by atoms with Gasteiger partial charge in [-0.05, 0) is 44.2 Å². The molecule has 0 aliphatic carbocycles. The molecule has 0 saturated carbocycles. The lowest BCUT2D eigenvalue weighted by atomic mass is 10.1. The molecule has 2 nitrogen and oxygen atoms in total. The summed E-state index contributed by atoms with van der Waals surface area (Å²) in [6.45, 7) is 2.21. The largest absolute Gasteiger partial charge is 0.350 e. The molecule has 1 N–H and O–H groups in total. The van der Waals surface area contributed by atoms with Crippen LogP contribution in [0.4, 0.5) is 0 Å². The molecule has 0 saturated heterocycles. The van der Waals surface area contributed by atoms with E-state index in [1.54, 1.807) is 0 Å². The van der Waals surface area contributed by atoms with Crippen molar-refractivity contribution in [1.29, 1.82) is 0 Å². The van der Waals surface area contributed by atoms with E-state index in [0.29, 0.717) is 6.04 Å². The average molecular weight is 281 g/mol. The molecular formula is C13H17BrN2. The van der Waals surface area contributed by atoms with Crippen LogP contribution in [0.25, 0.3) is 10.9 Å². The highest BCUT2D eigenvalue weighted by molar-refractivity contribution is 9.10. The van der Waals surface area contributed by atoms with Crippen LogP contribution in [0.2, 0.25) is 0 Å². The van der Waals surface area contributed by atoms with Crippen molar-refractivity contribution in [2.45, 2.75) is 19.4 Å². The Morgan fingerprint density at radius 3 is 2.88 bits per heavy atom. The zero-order chi connectivity index (χ0) is 11.7. The van der Waals surface area contributed by atoms with E-state index in [1.165, 1.54) is 16.5 Å². The van der Waals surface area contributed by atoms with Crippen LogP contribution in [-0.4, -0.2) is 17.7 Å². The number of hydrogen-bond donors (Lipinski definition) is 1. The van der Waals surface area contributed by atoms with Gasteiger partial charge in [0.1, 0.15) is 0 Å². The molecule has 2 aromatic rings. The summed E-state index contributed by atoms with van der Waals surface area (Å²) >= 11 is 3.53. The molecule has 0 aliphatic rings. The fourth-order valence-electron chi connectivity index (χ4n) is 2.04. The van der Waals surface area contributed by atoms with Crippen molar-refractivity contribution in [2.24, 2.45) is 7.05 Å². The van der Waals surface area contributed by atoms with Gasteiger partial charge in [-0.2, -0.15) is 0 Å². The first kappa shape index (κ1) is 11.7. The molecule has 1 heterocycles. The van der Waals surface area contributed by atoms with E-state index in [0.717, 1.165) is 10.9 Å². The molecule has 0 bridgehead atoms. The van der Waals surface area contributed by atoms with Crippen molar-refractivity contribution in [2.75, 3.05) is 7.05 Å². The van der Waals surface area contributed by atoms with E-state index in [-0.39, 0.29) is 0 Å². The molecule has 3 heteroatoms. The lowest BCUT2D eigenvalue weighted by Gasteiger charge is -2.08. The maximum absolute atomic E-state index is 3.53. The van der Waals surface area contributed by atoms with Crippen molar-refractivity contribution in [3.8, 4) is 0 Å². The molecule has 1 aromatic carbocycles. The Morgan fingerprint density at radius 2 is 2.19 bits per heavy atom. The van der Waals surface area contributed by atoms with Crippen LogP contribution in [0.5, 0.6) is 0 Å². The summed E-state index contributed by atoms with van der Waals surface area (Å²) in [7, 11) is 4.11. The Morgan fingerprint density at radius 1 is 1.44 bits per heavy atom. The third-order valence-corrected chi connectivity index (χ3v) is 3.55. The average Bonchev–Trinajstić information content (AvgIpc) is 2.55. The molecule has 0 aliphatic heterocycles. The van der Waals surface area contributed by atoms with E-state index < -0.39 is 0 Å². The summed E-state index contributed by atoms with van der Waals surface area (Å²) in [6, 6.07) is 6.96. The van der Waals surface area contributed by atoms with Gasteiger partial charge in [-0.3, -0.25) is 0 Å². The minimum atomic E-state index is 0.504. The topological polar surface area (TPSA) is 17.0 Å². The minimum Gasteiger partial charge on any atom is -0.350 e. The quantitative estimate of drug-likeness (QED) is 0.914. The summed E-state index contributed by atoms with van der Waals surface area (Å²) in [4.78, 5) is 0. The Labute approximate surface area is 105 Å². The number of hydrogen-bond acceptors (Lipinski definition) is 1. The maximum atomic E-state index is 3.53. The lowest BCUT2D eigenvalue weighted by molar-refractivity contribution is 0.609. The molecule has 86 valence electrons. The molecule has 0 amide bonds. The molecule has 1 unspecified atom stereocenters. The molecule has 2 rings (SSSR count). The van der Waals surface area contributed by atoms with E-state index in [9.17, 15) is 0 Å². The highest BCUT2D eigenvalue weighted by Crippen LogP contribution is 2.25. The smallest absolute Gasteiger partial charge is 0.0481 e. The number of nitrogens with one attached hydrogen (secondary N) is 1. The first-order valence-electron chi connectivity index (χ1n) is 5.52. The number of halogens is 1. The summed E-state index contributed by atoms with van der Waals surface area (Å²) < 4.78 is 3.34. The molecule has 16 heavy (non-hydrogen) atoms. The van der Waals surface area contributed by atoms with Crippen LogP contribution in [0.1, 0.15) is 12.5 Å². The molecule has 0 radical (unpaired) electrons. The number of likely N-dealkylation sites (N-methyl/N-ethyl adjacent to an activating group) is 1. The zero-order valence-electron chi connectivity index (χ0n) is 9.92. The van der Waals surface area contributed by atoms with Gasteiger partial charge in [0.05, 0.1) is 0 Å². The van der Waals surface area contributed by atoms with Crippen LogP contribution in [0.3, 0.4) is 0 Å². The second-order valence-corrected chi connectivity index (χ2v) is 5.24. The van der Waals surface area contributed by atoms with Gasteiger partial charge < -0.3 is 9.88 Å². The predicted molar refractivity (Wildman–Crippen MR) is 72.8 cm³/mol. The van der Waals surface area contributed by atoms with Gasteiger partial charge in [-0.15, -0.1) is 0 Å². The normalized spacial score (nSPS) is 13.2. The van der Waals surface area contributed by atoms with E-state index >= 15 is 0 Å². The van der Waals surface area contributed by atoms with Crippen LogP contribution in [0.15, 0.2) is 28.9 Å². The van der Waals surface area contributed by atoms with Gasteiger partial charge in [-0.1, -0.05) is 15.9 Å². The molecule has 1 aromatic heterocycles. The van der Waals surface area contributed by atoms with Crippen molar-refractivity contribution < 1.29 is 0 Å². The monoisotopic (exact) mass is 280 g/mol. The number of nitrogens with zero attached hydrogens (tertiary/aromatic N) is 1. The van der Waals surface area contributed by atoms with Gasteiger partial charge >= 0.3 is 0 Å². The first-order valence-corrected chi connectivity index (χ1v) is 6.32. The van der Waals surface area contributed by atoms with Crippen LogP contribution in [0, 0.1) is 0 Å². The minimum absolute atomic E-state index is 0.504. The van der Waals surface area contributed by atoms with Crippen molar-refractivity contribution in [1.82, 2.24) is 9.88 Å². The lowest BCUT2D eigenvalue weighted by Crippen LogP contribution is -2.23. The summed E-state index contributed by atoms with van der Waals surface area (Å²) in [5.41, 5.74) is 2.70. The summed E-state index contributed by atoms with van der Waals surface area (Å²) in [6.07, 6.45) is 3.29. The predicted octanol–water partition coefficient (Wildman–Crippen LogP) is 3.09. The number of fused-ring (bicyclic) bond motifs is 1. The molecule has 0 fully saturated rings. The number of rotatable bonds is 3. The van der Waals surface area contributed by atoms with E-state index in [2.05, 4.69) is 64.2 Å². The second-order valence-electron chi connectivity index (χ2n) is 4.32. The van der Waals surface area contributed by atoms with E-state index in [4.69, 9.17) is 0 Å². The highest BCUT2D eigenvalue weighted by Gasteiger charge is 2.09. The SMILES string of the molecule is CNC(C)Cc1cn(C)c2ccc(Br)cc12. The fraction of sp³-hybridized carbons (Fsp3) is 0.385. The third-order valence-electron chi connectivity index (χ3n) is 3.05. The van der Waals surface area contributed by atoms with E-state index in [1.807, 2.05) is 7.05 Å². The van der Waals surface area contributed by atoms with Gasteiger partial charge in [-0.25, -0.2) is 0 Å². The molecule has 1 atom stereocenters. The van der Waals surface area contributed by atoms with Crippen LogP contribution < -0.4 is 5.32 Å². The molecular weight excluding hydrogens is 264 g/mol. The standard InChI is InChI=1S/C13H17BrN2/c1-9(15-2)6-10-8-16(3)13-5-4-11(14)7-12(10)13/h4-5,7-9,15H,6H2,1-3H3. The van der Waals surface area contributed by atoms with Gasteiger partial charge in [0.15, 0.2) is 0 Å². The Balaban J connectivity index is 2.48. The van der Waals surface area contributed by atoms with Gasteiger partial charge in [0, 0.05) is 34.7 Å². The Bertz CT molecular complexity index is 502. The maximum Gasteiger partial charge on any atom is 0.0481 e. The Kier molecular flexibility index (Phi) is 3.36. The number of benzene rings is 1. The zero-order valence-corrected chi connectivity index (χ0v) is 11.5.